The van der Waals surface area contributed by atoms with Crippen LogP contribution in [0.5, 0.6) is 0 Å². The number of para-hydroxylation sites is 2. The first-order valence-electron chi connectivity index (χ1n) is 10.2. The van der Waals surface area contributed by atoms with Crippen molar-refractivity contribution in [3.8, 4) is 0 Å². The van der Waals surface area contributed by atoms with Crippen LogP contribution in [0.1, 0.15) is 38.3 Å². The van der Waals surface area contributed by atoms with Gasteiger partial charge in [0.15, 0.2) is 6.61 Å². The quantitative estimate of drug-likeness (QED) is 0.551. The standard InChI is InChI=1S/C23H27N3O4/c1-3-14-25-19-11-7-8-12-20(19)26(23(25)29)15-13-22(28)30-16-21(27)24-17(2)18-9-5-4-6-10-18/h4-12,17H,3,13-16H2,1-2H3,(H,24,27)/t17-/m1/s1. The second-order valence-electron chi connectivity index (χ2n) is 7.19. The number of fused-ring (bicyclic) bond motifs is 1. The van der Waals surface area contributed by atoms with Crippen molar-refractivity contribution in [2.24, 2.45) is 0 Å². The van der Waals surface area contributed by atoms with Gasteiger partial charge in [-0.1, -0.05) is 49.4 Å². The third-order valence-corrected chi connectivity index (χ3v) is 4.95. The molecule has 158 valence electrons. The molecule has 0 unspecified atom stereocenters. The topological polar surface area (TPSA) is 82.3 Å². The smallest absolute Gasteiger partial charge is 0.329 e. The molecule has 7 nitrogen and oxygen atoms in total. The van der Waals surface area contributed by atoms with E-state index >= 15 is 0 Å². The number of amides is 1. The number of hydrogen-bond acceptors (Lipinski definition) is 4. The molecule has 0 aliphatic rings. The highest BCUT2D eigenvalue weighted by Crippen LogP contribution is 2.14. The zero-order valence-electron chi connectivity index (χ0n) is 17.3. The number of nitrogens with zero attached hydrogens (tertiary/aromatic N) is 2. The number of hydrogen-bond donors (Lipinski definition) is 1. The summed E-state index contributed by atoms with van der Waals surface area (Å²) in [6.07, 6.45) is 0.855. The molecule has 0 saturated heterocycles. The van der Waals surface area contributed by atoms with Gasteiger partial charge in [0, 0.05) is 13.1 Å². The third kappa shape index (κ3) is 4.97. The van der Waals surface area contributed by atoms with Crippen LogP contribution in [0.4, 0.5) is 0 Å². The Morgan fingerprint density at radius 3 is 2.20 bits per heavy atom. The summed E-state index contributed by atoms with van der Waals surface area (Å²) in [7, 11) is 0. The first-order valence-corrected chi connectivity index (χ1v) is 10.2. The molecule has 7 heteroatoms. The molecule has 1 amide bonds. The Morgan fingerprint density at radius 2 is 1.57 bits per heavy atom. The fraction of sp³-hybridized carbons (Fsp3) is 0.348. The Labute approximate surface area is 175 Å². The minimum Gasteiger partial charge on any atom is -0.456 e. The molecular formula is C23H27N3O4. The fourth-order valence-corrected chi connectivity index (χ4v) is 3.46. The number of benzene rings is 2. The van der Waals surface area contributed by atoms with Crippen molar-refractivity contribution in [1.82, 2.24) is 14.5 Å². The summed E-state index contributed by atoms with van der Waals surface area (Å²) in [4.78, 5) is 36.9. The minimum absolute atomic E-state index is 0.0154. The van der Waals surface area contributed by atoms with Crippen LogP contribution >= 0.6 is 0 Å². The average molecular weight is 409 g/mol. The summed E-state index contributed by atoms with van der Waals surface area (Å²) < 4.78 is 8.40. The predicted molar refractivity (Wildman–Crippen MR) is 115 cm³/mol. The number of rotatable bonds is 9. The molecule has 0 aliphatic carbocycles. The van der Waals surface area contributed by atoms with Gasteiger partial charge in [0.2, 0.25) is 0 Å². The molecule has 0 spiro atoms. The number of ether oxygens (including phenoxy) is 1. The maximum atomic E-state index is 12.7. The van der Waals surface area contributed by atoms with Crippen molar-refractivity contribution in [1.29, 1.82) is 0 Å². The first-order chi connectivity index (χ1) is 14.5. The Morgan fingerprint density at radius 1 is 0.967 bits per heavy atom. The molecule has 0 fully saturated rings. The van der Waals surface area contributed by atoms with Crippen molar-refractivity contribution in [2.45, 2.75) is 45.8 Å². The highest BCUT2D eigenvalue weighted by atomic mass is 16.5. The van der Waals surface area contributed by atoms with E-state index in [0.29, 0.717) is 6.54 Å². The summed E-state index contributed by atoms with van der Waals surface area (Å²) >= 11 is 0. The lowest BCUT2D eigenvalue weighted by molar-refractivity contribution is -0.148. The normalized spacial score (nSPS) is 11.9. The molecule has 0 radical (unpaired) electrons. The molecule has 0 aliphatic heterocycles. The van der Waals surface area contributed by atoms with E-state index in [4.69, 9.17) is 4.74 Å². The zero-order valence-corrected chi connectivity index (χ0v) is 17.3. The summed E-state index contributed by atoms with van der Waals surface area (Å²) in [5.74, 6) is -0.881. The number of aryl methyl sites for hydroxylation is 2. The second-order valence-corrected chi connectivity index (χ2v) is 7.19. The third-order valence-electron chi connectivity index (χ3n) is 4.95. The predicted octanol–water partition coefficient (Wildman–Crippen LogP) is 3.02. The van der Waals surface area contributed by atoms with E-state index in [2.05, 4.69) is 5.32 Å². The van der Waals surface area contributed by atoms with Crippen LogP contribution < -0.4 is 11.0 Å². The fourth-order valence-electron chi connectivity index (χ4n) is 3.46. The first kappa shape index (κ1) is 21.4. The van der Waals surface area contributed by atoms with Crippen molar-refractivity contribution >= 4 is 22.9 Å². The molecule has 1 N–H and O–H groups in total. The number of imidazole rings is 1. The SMILES string of the molecule is CCCn1c(=O)n(CCC(=O)OCC(=O)N[C@H](C)c2ccccc2)c2ccccc21. The van der Waals surface area contributed by atoms with Crippen molar-refractivity contribution in [3.63, 3.8) is 0 Å². The Hall–Kier alpha value is -3.35. The highest BCUT2D eigenvalue weighted by molar-refractivity contribution is 5.81. The summed E-state index contributed by atoms with van der Waals surface area (Å²) in [5, 5.41) is 2.80. The molecule has 1 aromatic heterocycles. The monoisotopic (exact) mass is 409 g/mol. The number of esters is 1. The lowest BCUT2D eigenvalue weighted by atomic mass is 10.1. The number of carbonyl (C=O) groups excluding carboxylic acids is 2. The highest BCUT2D eigenvalue weighted by Gasteiger charge is 2.15. The maximum absolute atomic E-state index is 12.7. The van der Waals surface area contributed by atoms with Crippen LogP contribution in [0.25, 0.3) is 11.0 Å². The summed E-state index contributed by atoms with van der Waals surface area (Å²) in [5.41, 5.74) is 2.48. The van der Waals surface area contributed by atoms with Crippen LogP contribution in [-0.4, -0.2) is 27.6 Å². The molecular weight excluding hydrogens is 382 g/mol. The van der Waals surface area contributed by atoms with Crippen molar-refractivity contribution in [2.75, 3.05) is 6.61 Å². The van der Waals surface area contributed by atoms with Crippen LogP contribution in [0.2, 0.25) is 0 Å². The van der Waals surface area contributed by atoms with Crippen LogP contribution in [-0.2, 0) is 27.4 Å². The lowest BCUT2D eigenvalue weighted by Crippen LogP contribution is -2.31. The Bertz CT molecular complexity index is 1070. The van der Waals surface area contributed by atoms with E-state index in [9.17, 15) is 14.4 Å². The van der Waals surface area contributed by atoms with Crippen LogP contribution in [0.3, 0.4) is 0 Å². The van der Waals surface area contributed by atoms with E-state index in [1.807, 2.05) is 68.4 Å². The summed E-state index contributed by atoms with van der Waals surface area (Å²) in [6.45, 7) is 4.36. The average Bonchev–Trinajstić information content (AvgIpc) is 3.03. The van der Waals surface area contributed by atoms with E-state index in [1.165, 1.54) is 0 Å². The van der Waals surface area contributed by atoms with Crippen LogP contribution in [0.15, 0.2) is 59.4 Å². The van der Waals surface area contributed by atoms with E-state index in [1.54, 1.807) is 9.13 Å². The minimum atomic E-state index is -0.517. The van der Waals surface area contributed by atoms with Gasteiger partial charge in [-0.2, -0.15) is 0 Å². The van der Waals surface area contributed by atoms with Gasteiger partial charge in [-0.3, -0.25) is 18.7 Å². The van der Waals surface area contributed by atoms with Crippen LogP contribution in [0, 0.1) is 0 Å². The van der Waals surface area contributed by atoms with Gasteiger partial charge in [-0.25, -0.2) is 4.79 Å². The largest absolute Gasteiger partial charge is 0.456 e. The second kappa shape index (κ2) is 9.91. The maximum Gasteiger partial charge on any atom is 0.329 e. The molecule has 3 rings (SSSR count). The molecule has 30 heavy (non-hydrogen) atoms. The Balaban J connectivity index is 1.54. The van der Waals surface area contributed by atoms with Crippen molar-refractivity contribution in [3.05, 3.63) is 70.6 Å². The molecule has 2 aromatic carbocycles. The van der Waals surface area contributed by atoms with E-state index < -0.39 is 5.97 Å². The van der Waals surface area contributed by atoms with Gasteiger partial charge in [-0.05, 0) is 31.0 Å². The zero-order chi connectivity index (χ0) is 21.5. The summed E-state index contributed by atoms with van der Waals surface area (Å²) in [6, 6.07) is 16.9. The van der Waals surface area contributed by atoms with Gasteiger partial charge in [-0.15, -0.1) is 0 Å². The molecule has 0 bridgehead atoms. The molecule has 0 saturated carbocycles. The van der Waals surface area contributed by atoms with E-state index in [0.717, 1.165) is 23.0 Å². The number of nitrogens with one attached hydrogen (secondary N) is 1. The van der Waals surface area contributed by atoms with Gasteiger partial charge in [0.25, 0.3) is 5.91 Å². The molecule has 1 atom stereocenters. The number of carbonyl (C=O) groups is 2. The van der Waals surface area contributed by atoms with E-state index in [-0.39, 0.29) is 37.2 Å². The van der Waals surface area contributed by atoms with Crippen molar-refractivity contribution < 1.29 is 14.3 Å². The lowest BCUT2D eigenvalue weighted by Gasteiger charge is -2.14. The Kier molecular flexibility index (Phi) is 7.06. The molecule has 3 aromatic rings. The van der Waals surface area contributed by atoms with Gasteiger partial charge < -0.3 is 10.1 Å². The van der Waals surface area contributed by atoms with Gasteiger partial charge in [0.1, 0.15) is 0 Å². The van der Waals surface area contributed by atoms with Gasteiger partial charge in [0.05, 0.1) is 23.5 Å². The molecule has 1 heterocycles. The number of aromatic nitrogens is 2. The van der Waals surface area contributed by atoms with Gasteiger partial charge >= 0.3 is 11.7 Å².